The highest BCUT2D eigenvalue weighted by Gasteiger charge is 2.86. The summed E-state index contributed by atoms with van der Waals surface area (Å²) in [6, 6.07) is 0. The summed E-state index contributed by atoms with van der Waals surface area (Å²) in [4.78, 5) is 11.9. The third-order valence-corrected chi connectivity index (χ3v) is 8.66. The third kappa shape index (κ3) is 2.51. The lowest BCUT2D eigenvalue weighted by Gasteiger charge is -2.61. The van der Waals surface area contributed by atoms with Crippen molar-refractivity contribution < 1.29 is 24.1 Å². The van der Waals surface area contributed by atoms with Gasteiger partial charge < -0.3 is 24.1 Å². The topological polar surface area (TPSA) is 89.9 Å². The van der Waals surface area contributed by atoms with Gasteiger partial charge in [0.25, 0.3) is 0 Å². The van der Waals surface area contributed by atoms with Crippen molar-refractivity contribution in [2.75, 3.05) is 13.7 Å². The van der Waals surface area contributed by atoms with Gasteiger partial charge in [0.1, 0.15) is 22.8 Å². The molecule has 7 nitrogen and oxygen atoms in total. The summed E-state index contributed by atoms with van der Waals surface area (Å²) < 4.78 is 23.8. The first-order valence-corrected chi connectivity index (χ1v) is 10.8. The van der Waals surface area contributed by atoms with Crippen molar-refractivity contribution in [1.82, 2.24) is 0 Å². The van der Waals surface area contributed by atoms with Crippen molar-refractivity contribution in [2.24, 2.45) is 22.4 Å². The Balaban J connectivity index is 1.71. The van der Waals surface area contributed by atoms with Crippen molar-refractivity contribution in [1.29, 1.82) is 0 Å². The summed E-state index contributed by atoms with van der Waals surface area (Å²) in [5.41, 5.74) is -1.67. The van der Waals surface area contributed by atoms with Crippen molar-refractivity contribution in [2.45, 2.75) is 95.5 Å². The minimum atomic E-state index is -1.09. The van der Waals surface area contributed by atoms with Crippen LogP contribution in [-0.2, 0) is 18.9 Å². The third-order valence-electron chi connectivity index (χ3n) is 8.66. The minimum Gasteiger partial charge on any atom is -0.473 e. The predicted molar refractivity (Wildman–Crippen MR) is 107 cm³/mol. The van der Waals surface area contributed by atoms with E-state index in [1.54, 1.807) is 7.11 Å². The second-order valence-electron chi connectivity index (χ2n) is 10.1. The van der Waals surface area contributed by atoms with Gasteiger partial charge in [-0.05, 0) is 44.6 Å². The van der Waals surface area contributed by atoms with Gasteiger partial charge in [-0.25, -0.2) is 0 Å². The zero-order valence-electron chi connectivity index (χ0n) is 18.4. The van der Waals surface area contributed by atoms with Crippen LogP contribution in [0.1, 0.15) is 60.3 Å². The Labute approximate surface area is 173 Å². The molecule has 0 aromatic heterocycles. The molecular formula is C22H35NO6. The first-order valence-electron chi connectivity index (χ1n) is 10.8. The van der Waals surface area contributed by atoms with E-state index in [1.165, 1.54) is 5.57 Å². The Hall–Kier alpha value is -1.02. The summed E-state index contributed by atoms with van der Waals surface area (Å²) >= 11 is 0. The molecule has 0 aromatic rings. The Morgan fingerprint density at radius 3 is 2.66 bits per heavy atom. The normalized spacial score (nSPS) is 51.0. The van der Waals surface area contributed by atoms with E-state index in [0.717, 1.165) is 19.3 Å². The van der Waals surface area contributed by atoms with Crippen molar-refractivity contribution >= 4 is 0 Å². The number of rotatable bonds is 5. The van der Waals surface area contributed by atoms with Crippen LogP contribution < -0.4 is 0 Å². The molecule has 2 aliphatic heterocycles. The highest BCUT2D eigenvalue weighted by molar-refractivity contribution is 5.37. The Bertz CT molecular complexity index is 711. The molecule has 2 aliphatic carbocycles. The van der Waals surface area contributed by atoms with Crippen LogP contribution in [0.2, 0.25) is 0 Å². The molecule has 0 bridgehead atoms. The van der Waals surface area contributed by atoms with Crippen LogP contribution >= 0.6 is 0 Å². The van der Waals surface area contributed by atoms with E-state index in [2.05, 4.69) is 12.1 Å². The van der Waals surface area contributed by atoms with Crippen LogP contribution in [0.5, 0.6) is 0 Å². The zero-order chi connectivity index (χ0) is 21.2. The number of nitrogens with zero attached hydrogens (tertiary/aromatic N) is 1. The number of fused-ring (bicyclic) bond motifs is 1. The molecule has 8 atom stereocenters. The molecule has 7 heteroatoms. The fourth-order valence-corrected chi connectivity index (χ4v) is 6.69. The summed E-state index contributed by atoms with van der Waals surface area (Å²) in [7, 11) is 1.62. The fourth-order valence-electron chi connectivity index (χ4n) is 6.69. The quantitative estimate of drug-likeness (QED) is 0.323. The summed E-state index contributed by atoms with van der Waals surface area (Å²) in [6.45, 7) is 10.4. The van der Waals surface area contributed by atoms with Gasteiger partial charge in [-0.2, -0.15) is 4.91 Å². The van der Waals surface area contributed by atoms with Gasteiger partial charge in [-0.15, -0.1) is 0 Å². The van der Waals surface area contributed by atoms with E-state index in [0.29, 0.717) is 13.0 Å². The van der Waals surface area contributed by atoms with Crippen LogP contribution in [0.25, 0.3) is 0 Å². The van der Waals surface area contributed by atoms with Crippen LogP contribution in [-0.4, -0.2) is 54.1 Å². The average molecular weight is 410 g/mol. The molecule has 0 radical (unpaired) electrons. The molecule has 8 unspecified atom stereocenters. The maximum Gasteiger partial charge on any atom is 0.195 e. The minimum absolute atomic E-state index is 0.103. The van der Waals surface area contributed by atoms with Crippen molar-refractivity contribution in [3.8, 4) is 0 Å². The number of aliphatic hydroxyl groups is 1. The van der Waals surface area contributed by atoms with E-state index < -0.39 is 22.8 Å². The second-order valence-corrected chi connectivity index (χ2v) is 10.1. The molecule has 29 heavy (non-hydrogen) atoms. The van der Waals surface area contributed by atoms with E-state index in [1.807, 2.05) is 34.0 Å². The number of aliphatic hydroxyl groups excluding tert-OH is 1. The Morgan fingerprint density at radius 1 is 1.31 bits per heavy atom. The van der Waals surface area contributed by atoms with Gasteiger partial charge in [0.05, 0.1) is 19.0 Å². The smallest absolute Gasteiger partial charge is 0.195 e. The monoisotopic (exact) mass is 409 g/mol. The molecule has 4 fully saturated rings. The fraction of sp³-hybridized carbons (Fsp3) is 0.909. The summed E-state index contributed by atoms with van der Waals surface area (Å²) in [5, 5.41) is 14.9. The van der Waals surface area contributed by atoms with Crippen molar-refractivity contribution in [3.05, 3.63) is 16.7 Å². The molecule has 0 aromatic carbocycles. The highest BCUT2D eigenvalue weighted by atomic mass is 16.7. The number of hydrogen-bond donors (Lipinski definition) is 1. The van der Waals surface area contributed by atoms with Crippen LogP contribution in [0.4, 0.5) is 0 Å². The lowest BCUT2D eigenvalue weighted by atomic mass is 9.48. The van der Waals surface area contributed by atoms with E-state index >= 15 is 0 Å². The number of ether oxygens (including phenoxy) is 4. The molecule has 2 saturated carbocycles. The average Bonchev–Trinajstić information content (AvgIpc) is 3.43. The van der Waals surface area contributed by atoms with Gasteiger partial charge in [0.2, 0.25) is 0 Å². The molecule has 164 valence electrons. The van der Waals surface area contributed by atoms with E-state index in [-0.39, 0.29) is 29.6 Å². The van der Waals surface area contributed by atoms with E-state index in [9.17, 15) is 10.0 Å². The Morgan fingerprint density at radius 2 is 2.03 bits per heavy atom. The largest absolute Gasteiger partial charge is 0.473 e. The first kappa shape index (κ1) is 21.2. The number of hydrogen-bond acceptors (Lipinski definition) is 7. The van der Waals surface area contributed by atoms with Gasteiger partial charge in [0.15, 0.2) is 6.29 Å². The number of nitroso groups, excluding NO2 is 1. The van der Waals surface area contributed by atoms with Gasteiger partial charge >= 0.3 is 0 Å². The molecule has 0 amide bonds. The van der Waals surface area contributed by atoms with Crippen molar-refractivity contribution in [3.63, 3.8) is 0 Å². The highest BCUT2D eigenvalue weighted by Crippen LogP contribution is 2.73. The molecule has 4 rings (SSSR count). The first-order chi connectivity index (χ1) is 13.6. The molecule has 1 N–H and O–H groups in total. The molecular weight excluding hydrogens is 374 g/mol. The molecule has 2 saturated heterocycles. The summed E-state index contributed by atoms with van der Waals surface area (Å²) in [6.07, 6.45) is 3.77. The zero-order valence-corrected chi connectivity index (χ0v) is 18.4. The van der Waals surface area contributed by atoms with Gasteiger partial charge in [0, 0.05) is 24.9 Å². The Kier molecular flexibility index (Phi) is 4.93. The number of methoxy groups -OCH3 is 1. The lowest BCUT2D eigenvalue weighted by Crippen LogP contribution is -2.75. The molecule has 1 spiro atoms. The summed E-state index contributed by atoms with van der Waals surface area (Å²) in [5.74, 6) is 0.0372. The van der Waals surface area contributed by atoms with Gasteiger partial charge in [-0.1, -0.05) is 25.9 Å². The van der Waals surface area contributed by atoms with Crippen LogP contribution in [0, 0.1) is 22.2 Å². The van der Waals surface area contributed by atoms with Crippen LogP contribution in [0.3, 0.4) is 0 Å². The predicted octanol–water partition coefficient (Wildman–Crippen LogP) is 3.54. The maximum atomic E-state index is 11.9. The number of epoxide rings is 1. The van der Waals surface area contributed by atoms with Crippen LogP contribution in [0.15, 0.2) is 17.0 Å². The molecule has 4 aliphatic rings. The second kappa shape index (κ2) is 6.74. The standard InChI is InChI=1S/C22H35NO6/c1-13(2)21(23-25)10-17-22(29-17)19(4)9-7-8-15(11-27-14(3)26-6)16(19)12-28-20(22,5)18(21)24/h11,13-14,16-18,24H,7-10,12H2,1-6H3/b15-11+. The van der Waals surface area contributed by atoms with Gasteiger partial charge in [-0.3, -0.25) is 0 Å². The molecule has 2 heterocycles. The SMILES string of the molecule is COC(C)O/C=C1\CCCC2(C)C1COC1(C)C(O)C(N=O)(C(C)C)CC3OC321. The van der Waals surface area contributed by atoms with E-state index in [4.69, 9.17) is 18.9 Å². The maximum absolute atomic E-state index is 11.9. The lowest BCUT2D eigenvalue weighted by molar-refractivity contribution is -0.260.